The fourth-order valence-electron chi connectivity index (χ4n) is 2.65. The summed E-state index contributed by atoms with van der Waals surface area (Å²) in [6.45, 7) is 2.01. The third-order valence-electron chi connectivity index (χ3n) is 4.00. The van der Waals surface area contributed by atoms with Crippen LogP contribution in [0.25, 0.3) is 22.2 Å². The van der Waals surface area contributed by atoms with E-state index in [0.717, 1.165) is 27.7 Å². The summed E-state index contributed by atoms with van der Waals surface area (Å²) in [5, 5.41) is 21.3. The number of H-pyrrole nitrogens is 1. The molecule has 2 heterocycles. The number of benzene rings is 2. The first kappa shape index (κ1) is 14.9. The quantitative estimate of drug-likeness (QED) is 0.457. The van der Waals surface area contributed by atoms with E-state index in [-0.39, 0.29) is 5.75 Å². The Morgan fingerprint density at radius 3 is 2.68 bits per heavy atom. The van der Waals surface area contributed by atoms with Crippen molar-refractivity contribution < 1.29 is 5.11 Å². The Bertz CT molecular complexity index is 1060. The average Bonchev–Trinajstić information content (AvgIpc) is 2.98. The molecular weight excluding hydrogens is 316 g/mol. The molecule has 4 rings (SSSR count). The van der Waals surface area contributed by atoms with Crippen molar-refractivity contribution in [3.63, 3.8) is 0 Å². The summed E-state index contributed by atoms with van der Waals surface area (Å²) < 4.78 is 0. The molecule has 2 aromatic heterocycles. The first-order chi connectivity index (χ1) is 12.1. The summed E-state index contributed by atoms with van der Waals surface area (Å²) >= 11 is 0. The van der Waals surface area contributed by atoms with E-state index in [1.54, 1.807) is 0 Å². The second-order valence-electron chi connectivity index (χ2n) is 5.78. The van der Waals surface area contributed by atoms with Crippen LogP contribution in [0.2, 0.25) is 0 Å². The monoisotopic (exact) mass is 332 g/mol. The molecule has 124 valence electrons. The maximum atomic E-state index is 10.6. The van der Waals surface area contributed by atoms with Gasteiger partial charge in [-0.15, -0.1) is 0 Å². The highest BCUT2D eigenvalue weighted by Crippen LogP contribution is 2.34. The maximum Gasteiger partial charge on any atom is 0.185 e. The van der Waals surface area contributed by atoms with Gasteiger partial charge in [0.1, 0.15) is 12.0 Å². The molecular formula is C18H16N6O. The molecule has 0 aliphatic heterocycles. The van der Waals surface area contributed by atoms with Gasteiger partial charge in [-0.05, 0) is 25.1 Å². The third-order valence-corrected chi connectivity index (χ3v) is 4.00. The van der Waals surface area contributed by atoms with Crippen molar-refractivity contribution in [2.24, 2.45) is 0 Å². The molecule has 0 unspecified atom stereocenters. The van der Waals surface area contributed by atoms with E-state index in [2.05, 4.69) is 25.5 Å². The van der Waals surface area contributed by atoms with E-state index in [1.165, 1.54) is 6.33 Å². The number of aromatic hydroxyl groups is 1. The molecule has 0 spiro atoms. The number of anilines is 3. The van der Waals surface area contributed by atoms with Crippen molar-refractivity contribution in [2.75, 3.05) is 11.1 Å². The van der Waals surface area contributed by atoms with Gasteiger partial charge in [-0.1, -0.05) is 29.8 Å². The number of fused-ring (bicyclic) bond motifs is 1. The molecule has 2 aromatic carbocycles. The van der Waals surface area contributed by atoms with Gasteiger partial charge in [0.25, 0.3) is 0 Å². The van der Waals surface area contributed by atoms with Gasteiger partial charge in [-0.3, -0.25) is 5.10 Å². The Kier molecular flexibility index (Phi) is 3.46. The van der Waals surface area contributed by atoms with Gasteiger partial charge in [0.2, 0.25) is 0 Å². The van der Waals surface area contributed by atoms with Crippen molar-refractivity contribution in [3.05, 3.63) is 54.4 Å². The molecule has 0 saturated carbocycles. The molecule has 0 radical (unpaired) electrons. The van der Waals surface area contributed by atoms with E-state index in [4.69, 9.17) is 5.73 Å². The summed E-state index contributed by atoms with van der Waals surface area (Å²) in [5.41, 5.74) is 9.77. The summed E-state index contributed by atoms with van der Waals surface area (Å²) in [6.07, 6.45) is 1.42. The molecule has 0 atom stereocenters. The molecule has 0 aliphatic carbocycles. The predicted octanol–water partition coefficient (Wildman–Crippen LogP) is 3.36. The minimum Gasteiger partial charge on any atom is -0.503 e. The topological polar surface area (TPSA) is 113 Å². The highest BCUT2D eigenvalue weighted by molar-refractivity contribution is 5.91. The molecule has 4 aromatic rings. The number of aromatic nitrogens is 4. The lowest BCUT2D eigenvalue weighted by molar-refractivity contribution is 0.475. The molecule has 0 saturated heterocycles. The molecule has 7 heteroatoms. The average molecular weight is 332 g/mol. The van der Waals surface area contributed by atoms with E-state index in [1.807, 2.05) is 49.4 Å². The maximum absolute atomic E-state index is 10.6. The third kappa shape index (κ3) is 2.72. The predicted molar refractivity (Wildman–Crippen MR) is 97.7 cm³/mol. The summed E-state index contributed by atoms with van der Waals surface area (Å²) in [4.78, 5) is 8.34. The van der Waals surface area contributed by atoms with Gasteiger partial charge < -0.3 is 16.2 Å². The van der Waals surface area contributed by atoms with Crippen LogP contribution in [0.1, 0.15) is 5.56 Å². The smallest absolute Gasteiger partial charge is 0.185 e. The molecule has 0 aliphatic rings. The van der Waals surface area contributed by atoms with Gasteiger partial charge in [0.05, 0.1) is 5.52 Å². The SMILES string of the molecule is Cc1ccc(-c2ncnc(Nc3ccc4c(N)n[nH]c4c3)c2O)cc1. The van der Waals surface area contributed by atoms with Crippen LogP contribution in [0, 0.1) is 6.92 Å². The van der Waals surface area contributed by atoms with Crippen molar-refractivity contribution in [1.82, 2.24) is 20.2 Å². The lowest BCUT2D eigenvalue weighted by atomic mass is 10.1. The van der Waals surface area contributed by atoms with Gasteiger partial charge in [0.15, 0.2) is 17.4 Å². The number of nitrogens with one attached hydrogen (secondary N) is 2. The first-order valence-corrected chi connectivity index (χ1v) is 7.73. The summed E-state index contributed by atoms with van der Waals surface area (Å²) in [7, 11) is 0. The largest absolute Gasteiger partial charge is 0.503 e. The van der Waals surface area contributed by atoms with Gasteiger partial charge in [-0.25, -0.2) is 9.97 Å². The lowest BCUT2D eigenvalue weighted by Gasteiger charge is -2.10. The Labute approximate surface area is 143 Å². The molecule has 7 nitrogen and oxygen atoms in total. The summed E-state index contributed by atoms with van der Waals surface area (Å²) in [6, 6.07) is 13.3. The van der Waals surface area contributed by atoms with Crippen LogP contribution < -0.4 is 11.1 Å². The Balaban J connectivity index is 1.70. The number of aromatic amines is 1. The van der Waals surface area contributed by atoms with E-state index in [0.29, 0.717) is 17.3 Å². The number of nitrogens with zero attached hydrogens (tertiary/aromatic N) is 3. The van der Waals surface area contributed by atoms with Crippen LogP contribution in [-0.4, -0.2) is 25.3 Å². The van der Waals surface area contributed by atoms with Crippen LogP contribution in [0.3, 0.4) is 0 Å². The summed E-state index contributed by atoms with van der Waals surface area (Å²) in [5.74, 6) is 0.779. The zero-order valence-corrected chi connectivity index (χ0v) is 13.5. The Morgan fingerprint density at radius 1 is 1.08 bits per heavy atom. The van der Waals surface area contributed by atoms with Crippen LogP contribution in [0.15, 0.2) is 48.8 Å². The van der Waals surface area contributed by atoms with E-state index >= 15 is 0 Å². The fraction of sp³-hybridized carbons (Fsp3) is 0.0556. The van der Waals surface area contributed by atoms with Crippen molar-refractivity contribution in [2.45, 2.75) is 6.92 Å². The standard InChI is InChI=1S/C18H16N6O/c1-10-2-4-11(5-3-10)15-16(25)18(21-9-20-15)22-12-6-7-13-14(8-12)23-24-17(13)19/h2-9,25H,1H3,(H3,19,23,24)(H,20,21,22). The van der Waals surface area contributed by atoms with Crippen LogP contribution in [0.5, 0.6) is 5.75 Å². The van der Waals surface area contributed by atoms with E-state index in [9.17, 15) is 5.11 Å². The number of aryl methyl sites for hydroxylation is 1. The number of nitrogen functional groups attached to an aromatic ring is 1. The molecule has 25 heavy (non-hydrogen) atoms. The Morgan fingerprint density at radius 2 is 1.88 bits per heavy atom. The Hall–Kier alpha value is -3.61. The highest BCUT2D eigenvalue weighted by atomic mass is 16.3. The minimum atomic E-state index is -0.00410. The number of hydrogen-bond acceptors (Lipinski definition) is 6. The molecule has 0 amide bonds. The molecule has 0 bridgehead atoms. The number of rotatable bonds is 3. The lowest BCUT2D eigenvalue weighted by Crippen LogP contribution is -1.97. The fourth-order valence-corrected chi connectivity index (χ4v) is 2.65. The minimum absolute atomic E-state index is 0.00410. The second kappa shape index (κ2) is 5.79. The van der Waals surface area contributed by atoms with Gasteiger partial charge in [-0.2, -0.15) is 5.10 Å². The van der Waals surface area contributed by atoms with E-state index < -0.39 is 0 Å². The van der Waals surface area contributed by atoms with Crippen LogP contribution in [0.4, 0.5) is 17.3 Å². The van der Waals surface area contributed by atoms with Gasteiger partial charge >= 0.3 is 0 Å². The van der Waals surface area contributed by atoms with Crippen molar-refractivity contribution in [3.8, 4) is 17.0 Å². The zero-order chi connectivity index (χ0) is 17.4. The normalized spacial score (nSPS) is 10.9. The first-order valence-electron chi connectivity index (χ1n) is 7.73. The molecule has 5 N–H and O–H groups in total. The number of nitrogens with two attached hydrogens (primary N) is 1. The van der Waals surface area contributed by atoms with Crippen molar-refractivity contribution >= 4 is 28.2 Å². The van der Waals surface area contributed by atoms with Crippen molar-refractivity contribution in [1.29, 1.82) is 0 Å². The molecule has 0 fully saturated rings. The highest BCUT2D eigenvalue weighted by Gasteiger charge is 2.13. The second-order valence-corrected chi connectivity index (χ2v) is 5.78. The van der Waals surface area contributed by atoms with Crippen LogP contribution in [-0.2, 0) is 0 Å². The van der Waals surface area contributed by atoms with Crippen LogP contribution >= 0.6 is 0 Å². The number of hydrogen-bond donors (Lipinski definition) is 4. The zero-order valence-electron chi connectivity index (χ0n) is 13.5. The van der Waals surface area contributed by atoms with Gasteiger partial charge in [0, 0.05) is 16.6 Å².